The van der Waals surface area contributed by atoms with E-state index < -0.39 is 0 Å². The summed E-state index contributed by atoms with van der Waals surface area (Å²) in [4.78, 5) is 11.9. The van der Waals surface area contributed by atoms with Crippen molar-refractivity contribution in [2.45, 2.75) is 13.8 Å². The number of methoxy groups -OCH3 is 1. The molecule has 0 bridgehead atoms. The lowest BCUT2D eigenvalue weighted by Gasteiger charge is -2.10. The van der Waals surface area contributed by atoms with Crippen LogP contribution in [-0.2, 0) is 0 Å². The third-order valence-electron chi connectivity index (χ3n) is 2.46. The summed E-state index contributed by atoms with van der Waals surface area (Å²) in [5.74, 6) is 0.345. The van der Waals surface area contributed by atoms with Gasteiger partial charge in [-0.3, -0.25) is 0 Å². The van der Waals surface area contributed by atoms with Crippen molar-refractivity contribution in [3.63, 3.8) is 0 Å². The maximum absolute atomic E-state index is 5.79. The molecule has 0 saturated carbocycles. The molecule has 1 heterocycles. The molecule has 0 atom stereocenters. The van der Waals surface area contributed by atoms with Gasteiger partial charge in [-0.2, -0.15) is 15.0 Å². The Bertz CT molecular complexity index is 598. The van der Waals surface area contributed by atoms with E-state index in [9.17, 15) is 0 Å². The standard InChI is InChI=1S/C12H12BrClN4O/c1-6-4-8(5-7(2)9(6)13)15-11-16-10(14)17-12(18-11)19-3/h4-5H,1-3H3,(H,15,16,17,18). The van der Waals surface area contributed by atoms with Crippen molar-refractivity contribution in [1.82, 2.24) is 15.0 Å². The van der Waals surface area contributed by atoms with Crippen LogP contribution in [0.15, 0.2) is 16.6 Å². The third kappa shape index (κ3) is 3.33. The van der Waals surface area contributed by atoms with Crippen molar-refractivity contribution in [1.29, 1.82) is 0 Å². The Labute approximate surface area is 124 Å². The van der Waals surface area contributed by atoms with Gasteiger partial charge in [0, 0.05) is 10.2 Å². The van der Waals surface area contributed by atoms with E-state index in [1.807, 2.05) is 26.0 Å². The molecular weight excluding hydrogens is 332 g/mol. The van der Waals surface area contributed by atoms with Crippen molar-refractivity contribution in [3.8, 4) is 6.01 Å². The summed E-state index contributed by atoms with van der Waals surface area (Å²) in [6.45, 7) is 4.03. The van der Waals surface area contributed by atoms with E-state index in [-0.39, 0.29) is 11.3 Å². The molecule has 0 aliphatic rings. The number of hydrogen-bond acceptors (Lipinski definition) is 5. The van der Waals surface area contributed by atoms with Crippen LogP contribution in [0.1, 0.15) is 11.1 Å². The molecule has 0 spiro atoms. The molecule has 0 radical (unpaired) electrons. The molecule has 0 amide bonds. The number of anilines is 2. The van der Waals surface area contributed by atoms with Crippen LogP contribution in [0.4, 0.5) is 11.6 Å². The molecule has 0 saturated heterocycles. The minimum absolute atomic E-state index is 0.0832. The van der Waals surface area contributed by atoms with Crippen molar-refractivity contribution in [2.24, 2.45) is 0 Å². The Kier molecular flexibility index (Phi) is 4.21. The highest BCUT2D eigenvalue weighted by Crippen LogP contribution is 2.26. The minimum atomic E-state index is 0.0832. The van der Waals surface area contributed by atoms with Gasteiger partial charge in [0.1, 0.15) is 0 Å². The zero-order chi connectivity index (χ0) is 14.0. The van der Waals surface area contributed by atoms with Crippen LogP contribution < -0.4 is 10.1 Å². The third-order valence-corrected chi connectivity index (χ3v) is 3.88. The number of nitrogens with zero attached hydrogens (tertiary/aromatic N) is 3. The number of ether oxygens (including phenoxy) is 1. The van der Waals surface area contributed by atoms with Crippen LogP contribution in [0.3, 0.4) is 0 Å². The van der Waals surface area contributed by atoms with Gasteiger partial charge in [-0.15, -0.1) is 0 Å². The van der Waals surface area contributed by atoms with Crippen LogP contribution >= 0.6 is 27.5 Å². The number of nitrogens with one attached hydrogen (secondary N) is 1. The van der Waals surface area contributed by atoms with Gasteiger partial charge >= 0.3 is 6.01 Å². The van der Waals surface area contributed by atoms with Gasteiger partial charge in [0.2, 0.25) is 11.2 Å². The summed E-state index contributed by atoms with van der Waals surface area (Å²) in [5, 5.41) is 3.16. The SMILES string of the molecule is COc1nc(Cl)nc(Nc2cc(C)c(Br)c(C)c2)n1. The van der Waals surface area contributed by atoms with Crippen molar-refractivity contribution >= 4 is 39.2 Å². The summed E-state index contributed by atoms with van der Waals surface area (Å²) in [6.07, 6.45) is 0. The fourth-order valence-corrected chi connectivity index (χ4v) is 2.01. The lowest BCUT2D eigenvalue weighted by atomic mass is 10.1. The molecule has 0 aliphatic heterocycles. The number of hydrogen-bond donors (Lipinski definition) is 1. The van der Waals surface area contributed by atoms with E-state index in [0.29, 0.717) is 5.95 Å². The quantitative estimate of drug-likeness (QED) is 0.921. The van der Waals surface area contributed by atoms with Gasteiger partial charge in [0.15, 0.2) is 0 Å². The minimum Gasteiger partial charge on any atom is -0.467 e. The molecule has 0 unspecified atom stereocenters. The largest absolute Gasteiger partial charge is 0.467 e. The molecular formula is C12H12BrClN4O. The Balaban J connectivity index is 2.33. The summed E-state index contributed by atoms with van der Waals surface area (Å²) >= 11 is 9.32. The van der Waals surface area contributed by atoms with Gasteiger partial charge in [0.05, 0.1) is 7.11 Å². The summed E-state index contributed by atoms with van der Waals surface area (Å²) in [6, 6.07) is 4.15. The Morgan fingerprint density at radius 2 is 1.79 bits per heavy atom. The highest BCUT2D eigenvalue weighted by atomic mass is 79.9. The van der Waals surface area contributed by atoms with Crippen LogP contribution in [0.5, 0.6) is 6.01 Å². The summed E-state index contributed by atoms with van der Waals surface area (Å²) in [7, 11) is 1.48. The molecule has 100 valence electrons. The maximum atomic E-state index is 5.79. The van der Waals surface area contributed by atoms with E-state index in [0.717, 1.165) is 21.3 Å². The van der Waals surface area contributed by atoms with Crippen molar-refractivity contribution < 1.29 is 4.74 Å². The monoisotopic (exact) mass is 342 g/mol. The molecule has 1 N–H and O–H groups in total. The number of aryl methyl sites for hydroxylation is 2. The first-order valence-corrected chi connectivity index (χ1v) is 6.66. The van der Waals surface area contributed by atoms with E-state index in [4.69, 9.17) is 16.3 Å². The van der Waals surface area contributed by atoms with Gasteiger partial charge in [-0.25, -0.2) is 0 Å². The second-order valence-corrected chi connectivity index (χ2v) is 5.09. The fourth-order valence-electron chi connectivity index (χ4n) is 1.63. The topological polar surface area (TPSA) is 59.9 Å². The average molecular weight is 344 g/mol. The highest BCUT2D eigenvalue weighted by molar-refractivity contribution is 9.10. The summed E-state index contributed by atoms with van der Waals surface area (Å²) < 4.78 is 6.03. The number of halogens is 2. The molecule has 7 heteroatoms. The first-order valence-electron chi connectivity index (χ1n) is 5.49. The number of rotatable bonds is 3. The summed E-state index contributed by atoms with van der Waals surface area (Å²) in [5.41, 5.74) is 3.12. The number of benzene rings is 1. The van der Waals surface area contributed by atoms with Crippen molar-refractivity contribution in [2.75, 3.05) is 12.4 Å². The lowest BCUT2D eigenvalue weighted by Crippen LogP contribution is -2.02. The first-order chi connectivity index (χ1) is 8.99. The predicted octanol–water partition coefficient (Wildman–Crippen LogP) is 3.66. The fraction of sp³-hybridized carbons (Fsp3) is 0.250. The smallest absolute Gasteiger partial charge is 0.322 e. The van der Waals surface area contributed by atoms with E-state index in [2.05, 4.69) is 36.2 Å². The van der Waals surface area contributed by atoms with Gasteiger partial charge < -0.3 is 10.1 Å². The molecule has 5 nitrogen and oxygen atoms in total. The lowest BCUT2D eigenvalue weighted by molar-refractivity contribution is 0.379. The number of aromatic nitrogens is 3. The van der Waals surface area contributed by atoms with Crippen LogP contribution in [0.2, 0.25) is 5.28 Å². The van der Waals surface area contributed by atoms with Gasteiger partial charge in [-0.05, 0) is 48.7 Å². The molecule has 0 fully saturated rings. The van der Waals surface area contributed by atoms with Crippen LogP contribution in [0, 0.1) is 13.8 Å². The first kappa shape index (κ1) is 14.0. The highest BCUT2D eigenvalue weighted by Gasteiger charge is 2.07. The average Bonchev–Trinajstić information content (AvgIpc) is 2.35. The Morgan fingerprint density at radius 3 is 2.37 bits per heavy atom. The van der Waals surface area contributed by atoms with Gasteiger partial charge in [-0.1, -0.05) is 15.9 Å². The Morgan fingerprint density at radius 1 is 1.16 bits per heavy atom. The van der Waals surface area contributed by atoms with Gasteiger partial charge in [0.25, 0.3) is 0 Å². The molecule has 2 aromatic rings. The Hall–Kier alpha value is -1.40. The zero-order valence-corrected chi connectivity index (χ0v) is 13.0. The maximum Gasteiger partial charge on any atom is 0.322 e. The molecule has 1 aromatic heterocycles. The molecule has 0 aliphatic carbocycles. The van der Waals surface area contributed by atoms with Crippen LogP contribution in [-0.4, -0.2) is 22.1 Å². The zero-order valence-electron chi connectivity index (χ0n) is 10.7. The molecule has 2 rings (SSSR count). The second kappa shape index (κ2) is 5.71. The predicted molar refractivity (Wildman–Crippen MR) is 78.3 cm³/mol. The van der Waals surface area contributed by atoms with Crippen molar-refractivity contribution in [3.05, 3.63) is 33.0 Å². The molecule has 1 aromatic carbocycles. The molecule has 19 heavy (non-hydrogen) atoms. The second-order valence-electron chi connectivity index (χ2n) is 3.96. The van der Waals surface area contributed by atoms with Crippen LogP contribution in [0.25, 0.3) is 0 Å². The van der Waals surface area contributed by atoms with E-state index >= 15 is 0 Å². The van der Waals surface area contributed by atoms with E-state index in [1.54, 1.807) is 0 Å². The van der Waals surface area contributed by atoms with E-state index in [1.165, 1.54) is 7.11 Å². The normalized spacial score (nSPS) is 10.4.